The zero-order valence-electron chi connectivity index (χ0n) is 20.8. The first-order valence-corrected chi connectivity index (χ1v) is 13.3. The molecule has 0 spiro atoms. The smallest absolute Gasteiger partial charge is 0.360 e. The molecule has 0 aromatic heterocycles. The van der Waals surface area contributed by atoms with Crippen LogP contribution in [-0.2, 0) is 4.79 Å². The van der Waals surface area contributed by atoms with Gasteiger partial charge in [-0.05, 0) is 19.3 Å². The molecular formula is C26H50N2O3. The average molecular weight is 439 g/mol. The van der Waals surface area contributed by atoms with Crippen LogP contribution >= 0.6 is 0 Å². The van der Waals surface area contributed by atoms with Crippen molar-refractivity contribution in [3.05, 3.63) is 5.21 Å². The Hall–Kier alpha value is -0.940. The number of carboxylic acids is 1. The number of aliphatic carboxylic acids is 1. The first kappa shape index (κ1) is 28.1. The third-order valence-corrected chi connectivity index (χ3v) is 7.10. The molecule has 5 nitrogen and oxygen atoms in total. The predicted octanol–water partition coefficient (Wildman–Crippen LogP) is 7.62. The number of quaternary nitrogens is 1. The molecule has 5 heteroatoms. The first-order chi connectivity index (χ1) is 14.9. The maximum Gasteiger partial charge on any atom is 0.360 e. The van der Waals surface area contributed by atoms with Crippen molar-refractivity contribution in [3.8, 4) is 0 Å². The van der Waals surface area contributed by atoms with Gasteiger partial charge in [0, 0.05) is 6.42 Å². The van der Waals surface area contributed by atoms with Gasteiger partial charge in [-0.15, -0.1) is 0 Å². The number of hydrogen-bond acceptors (Lipinski definition) is 3. The summed E-state index contributed by atoms with van der Waals surface area (Å²) in [5, 5.41) is 22.4. The quantitative estimate of drug-likeness (QED) is 0.121. The van der Waals surface area contributed by atoms with Crippen molar-refractivity contribution in [1.82, 2.24) is 0 Å². The SMILES string of the molecule is CCCCCCCCCCCCCCCCCC1=NC(CC)(CC)C[N+]1([O-])CC(=O)O. The van der Waals surface area contributed by atoms with Gasteiger partial charge in [-0.1, -0.05) is 111 Å². The minimum absolute atomic E-state index is 0.292. The summed E-state index contributed by atoms with van der Waals surface area (Å²) in [5.41, 5.74) is -0.359. The molecule has 0 saturated carbocycles. The van der Waals surface area contributed by atoms with E-state index < -0.39 is 10.6 Å². The maximum absolute atomic E-state index is 13.2. The monoisotopic (exact) mass is 438 g/mol. The summed E-state index contributed by atoms with van der Waals surface area (Å²) in [5.74, 6) is -0.456. The molecule has 182 valence electrons. The Morgan fingerprint density at radius 1 is 0.839 bits per heavy atom. The highest BCUT2D eigenvalue weighted by molar-refractivity contribution is 5.81. The summed E-state index contributed by atoms with van der Waals surface area (Å²) in [7, 11) is 0. The maximum atomic E-state index is 13.2. The molecule has 1 aliphatic heterocycles. The number of aliphatic imine (C=N–C) groups is 1. The highest BCUT2D eigenvalue weighted by Crippen LogP contribution is 2.34. The summed E-state index contributed by atoms with van der Waals surface area (Å²) in [6.07, 6.45) is 22.0. The lowest BCUT2D eigenvalue weighted by Crippen LogP contribution is -2.51. The molecule has 0 radical (unpaired) electrons. The molecule has 0 fully saturated rings. The number of hydroxylamine groups is 3. The van der Waals surface area contributed by atoms with Crippen molar-refractivity contribution in [1.29, 1.82) is 0 Å². The molecule has 0 aromatic carbocycles. The van der Waals surface area contributed by atoms with Crippen LogP contribution in [-0.4, -0.2) is 40.2 Å². The number of unbranched alkanes of at least 4 members (excludes halogenated alkanes) is 14. The van der Waals surface area contributed by atoms with E-state index in [-0.39, 0.29) is 12.1 Å². The fourth-order valence-electron chi connectivity index (χ4n) is 4.88. The van der Waals surface area contributed by atoms with Crippen LogP contribution in [0.2, 0.25) is 0 Å². The van der Waals surface area contributed by atoms with Crippen molar-refractivity contribution < 1.29 is 14.5 Å². The fraction of sp³-hybridized carbons (Fsp3) is 0.923. The summed E-state index contributed by atoms with van der Waals surface area (Å²) in [4.78, 5) is 16.0. The van der Waals surface area contributed by atoms with E-state index in [0.29, 0.717) is 18.8 Å². The Labute approximate surface area is 191 Å². The molecule has 1 unspecified atom stereocenters. The standard InChI is InChI=1S/C26H50N2O3/c1-4-7-8-9-10-11-12-13-14-15-16-17-18-19-20-21-24-27-26(5-2,6-3)23-28(24,31)22-25(29)30/h4-23H2,1-3H3,(H,29,30). The minimum Gasteiger partial charge on any atom is -0.626 e. The van der Waals surface area contributed by atoms with Crippen LogP contribution in [0.15, 0.2) is 4.99 Å². The first-order valence-electron chi connectivity index (χ1n) is 13.3. The van der Waals surface area contributed by atoms with Gasteiger partial charge >= 0.3 is 5.97 Å². The largest absolute Gasteiger partial charge is 0.626 e. The Morgan fingerprint density at radius 3 is 1.65 bits per heavy atom. The molecular weight excluding hydrogens is 388 g/mol. The van der Waals surface area contributed by atoms with Crippen molar-refractivity contribution in [2.75, 3.05) is 13.1 Å². The Kier molecular flexibility index (Phi) is 14.3. The highest BCUT2D eigenvalue weighted by atomic mass is 16.6. The van der Waals surface area contributed by atoms with Gasteiger partial charge in [-0.2, -0.15) is 0 Å². The van der Waals surface area contributed by atoms with Crippen LogP contribution in [0.3, 0.4) is 0 Å². The van der Waals surface area contributed by atoms with Gasteiger partial charge in [-0.25, -0.2) is 9.79 Å². The Balaban J connectivity index is 2.12. The number of carboxylic acid groups (broad SMARTS) is 1. The third-order valence-electron chi connectivity index (χ3n) is 7.10. The predicted molar refractivity (Wildman–Crippen MR) is 131 cm³/mol. The molecule has 1 aliphatic rings. The zero-order valence-corrected chi connectivity index (χ0v) is 20.8. The second-order valence-corrected chi connectivity index (χ2v) is 9.76. The fourth-order valence-corrected chi connectivity index (χ4v) is 4.88. The molecule has 0 amide bonds. The van der Waals surface area contributed by atoms with E-state index in [9.17, 15) is 15.1 Å². The van der Waals surface area contributed by atoms with Crippen molar-refractivity contribution >= 4 is 11.8 Å². The molecule has 1 atom stereocenters. The summed E-state index contributed by atoms with van der Waals surface area (Å²) < 4.78 is -0.740. The van der Waals surface area contributed by atoms with Crippen LogP contribution in [0.25, 0.3) is 0 Å². The van der Waals surface area contributed by atoms with Gasteiger partial charge < -0.3 is 15.0 Å². The Bertz CT molecular complexity index is 517. The Morgan fingerprint density at radius 2 is 1.26 bits per heavy atom. The molecule has 0 aliphatic carbocycles. The summed E-state index contributed by atoms with van der Waals surface area (Å²) in [6, 6.07) is 0. The van der Waals surface area contributed by atoms with E-state index in [1.807, 2.05) is 0 Å². The normalized spacial score (nSPS) is 20.2. The van der Waals surface area contributed by atoms with Gasteiger partial charge in [0.25, 0.3) is 0 Å². The summed E-state index contributed by atoms with van der Waals surface area (Å²) >= 11 is 0. The molecule has 1 rings (SSSR count). The van der Waals surface area contributed by atoms with Crippen LogP contribution in [0, 0.1) is 5.21 Å². The van der Waals surface area contributed by atoms with Crippen LogP contribution in [0.1, 0.15) is 136 Å². The second-order valence-electron chi connectivity index (χ2n) is 9.76. The lowest BCUT2D eigenvalue weighted by molar-refractivity contribution is -0.780. The second kappa shape index (κ2) is 15.8. The number of nitrogens with zero attached hydrogens (tertiary/aromatic N) is 2. The van der Waals surface area contributed by atoms with E-state index >= 15 is 0 Å². The van der Waals surface area contributed by atoms with E-state index in [1.165, 1.54) is 83.5 Å². The lowest BCUT2D eigenvalue weighted by atomic mass is 9.94. The van der Waals surface area contributed by atoms with Crippen LogP contribution in [0.5, 0.6) is 0 Å². The van der Waals surface area contributed by atoms with Gasteiger partial charge in [0.1, 0.15) is 12.1 Å². The van der Waals surface area contributed by atoms with Gasteiger partial charge in [-0.3, -0.25) is 0 Å². The van der Waals surface area contributed by atoms with Crippen molar-refractivity contribution in [2.24, 2.45) is 4.99 Å². The number of carbonyl (C=O) groups is 1. The number of rotatable bonds is 20. The average Bonchev–Trinajstić information content (AvgIpc) is 3.02. The van der Waals surface area contributed by atoms with Crippen LogP contribution < -0.4 is 0 Å². The van der Waals surface area contributed by atoms with E-state index in [4.69, 9.17) is 4.99 Å². The highest BCUT2D eigenvalue weighted by Gasteiger charge is 2.45. The molecule has 1 N–H and O–H groups in total. The van der Waals surface area contributed by atoms with Crippen LogP contribution in [0.4, 0.5) is 0 Å². The van der Waals surface area contributed by atoms with Gasteiger partial charge in [0.05, 0.1) is 0 Å². The molecule has 0 saturated heterocycles. The summed E-state index contributed by atoms with van der Waals surface area (Å²) in [6.45, 7) is 6.27. The number of amidine groups is 1. The van der Waals surface area contributed by atoms with Crippen molar-refractivity contribution in [3.63, 3.8) is 0 Å². The van der Waals surface area contributed by atoms with E-state index in [0.717, 1.165) is 25.7 Å². The molecule has 0 aromatic rings. The van der Waals surface area contributed by atoms with Gasteiger partial charge in [0.15, 0.2) is 12.4 Å². The number of hydrogen-bond donors (Lipinski definition) is 1. The molecule has 1 heterocycles. The van der Waals surface area contributed by atoms with Crippen molar-refractivity contribution in [2.45, 2.75) is 142 Å². The van der Waals surface area contributed by atoms with Gasteiger partial charge in [0.2, 0.25) is 0 Å². The van der Waals surface area contributed by atoms with E-state index in [1.54, 1.807) is 0 Å². The lowest BCUT2D eigenvalue weighted by Gasteiger charge is -2.39. The zero-order chi connectivity index (χ0) is 23.0. The van der Waals surface area contributed by atoms with E-state index in [2.05, 4.69) is 20.8 Å². The third kappa shape index (κ3) is 11.0. The topological polar surface area (TPSA) is 72.7 Å². The molecule has 0 bridgehead atoms. The molecule has 31 heavy (non-hydrogen) atoms. The minimum atomic E-state index is -1.03.